The van der Waals surface area contributed by atoms with Crippen LogP contribution < -0.4 is 14.9 Å². The summed E-state index contributed by atoms with van der Waals surface area (Å²) in [5, 5.41) is 13.6. The summed E-state index contributed by atoms with van der Waals surface area (Å²) in [7, 11) is 5.17. The number of anilines is 1. The van der Waals surface area contributed by atoms with Crippen LogP contribution in [0.3, 0.4) is 0 Å². The zero-order valence-electron chi connectivity index (χ0n) is 15.2. The molecular formula is C19H18N6O2. The first-order chi connectivity index (χ1) is 13.2. The molecule has 0 aliphatic heterocycles. The molecular weight excluding hydrogens is 344 g/mol. The number of benzene rings is 2. The largest absolute Gasteiger partial charge is 0.497 e. The van der Waals surface area contributed by atoms with Crippen LogP contribution in [0.4, 0.5) is 5.95 Å². The quantitative estimate of drug-likeness (QED) is 0.434. The summed E-state index contributed by atoms with van der Waals surface area (Å²) < 4.78 is 12.6. The molecule has 2 aromatic carbocycles. The second kappa shape index (κ2) is 6.91. The smallest absolute Gasteiger partial charge is 0.265 e. The van der Waals surface area contributed by atoms with Gasteiger partial charge in [0.15, 0.2) is 5.65 Å². The molecule has 0 spiro atoms. The van der Waals surface area contributed by atoms with Gasteiger partial charge in [-0.05, 0) is 24.3 Å². The fourth-order valence-corrected chi connectivity index (χ4v) is 2.95. The Hall–Kier alpha value is -3.68. The Morgan fingerprint density at radius 3 is 2.74 bits per heavy atom. The number of aryl methyl sites for hydroxylation is 1. The van der Waals surface area contributed by atoms with Gasteiger partial charge in [0.05, 0.1) is 26.0 Å². The van der Waals surface area contributed by atoms with Gasteiger partial charge in [0.25, 0.3) is 5.95 Å². The number of nitrogens with one attached hydrogen (secondary N) is 1. The third-order valence-corrected chi connectivity index (χ3v) is 4.31. The monoisotopic (exact) mass is 362 g/mol. The summed E-state index contributed by atoms with van der Waals surface area (Å²) in [6.07, 6.45) is 1.62. The predicted octanol–water partition coefficient (Wildman–Crippen LogP) is 2.98. The Morgan fingerprint density at radius 1 is 1.07 bits per heavy atom. The minimum absolute atomic E-state index is 0.312. The van der Waals surface area contributed by atoms with Gasteiger partial charge < -0.3 is 14.0 Å². The summed E-state index contributed by atoms with van der Waals surface area (Å²) in [6.45, 7) is 0. The van der Waals surface area contributed by atoms with E-state index >= 15 is 0 Å². The van der Waals surface area contributed by atoms with Gasteiger partial charge in [-0.1, -0.05) is 18.2 Å². The highest BCUT2D eigenvalue weighted by Crippen LogP contribution is 2.25. The molecule has 0 amide bonds. The molecule has 1 N–H and O–H groups in total. The van der Waals surface area contributed by atoms with Gasteiger partial charge >= 0.3 is 0 Å². The van der Waals surface area contributed by atoms with Crippen LogP contribution in [0.1, 0.15) is 5.56 Å². The van der Waals surface area contributed by atoms with Crippen molar-refractivity contribution in [3.63, 3.8) is 0 Å². The lowest BCUT2D eigenvalue weighted by atomic mass is 10.2. The molecule has 0 atom stereocenters. The molecule has 0 saturated carbocycles. The molecule has 0 radical (unpaired) electrons. The minimum atomic E-state index is 0.312. The van der Waals surface area contributed by atoms with Crippen molar-refractivity contribution in [2.75, 3.05) is 19.6 Å². The number of aromatic nitrogens is 4. The molecule has 4 rings (SSSR count). The normalized spacial score (nSPS) is 11.4. The van der Waals surface area contributed by atoms with Crippen LogP contribution in [0, 0.1) is 0 Å². The molecule has 136 valence electrons. The zero-order chi connectivity index (χ0) is 18.8. The average molecular weight is 362 g/mol. The van der Waals surface area contributed by atoms with Crippen LogP contribution in [0.2, 0.25) is 0 Å². The Balaban J connectivity index is 1.64. The Morgan fingerprint density at radius 2 is 1.93 bits per heavy atom. The maximum absolute atomic E-state index is 5.33. The van der Waals surface area contributed by atoms with Crippen molar-refractivity contribution < 1.29 is 9.47 Å². The molecule has 8 heteroatoms. The fraction of sp³-hybridized carbons (Fsp3) is 0.158. The molecule has 8 nitrogen and oxygen atoms in total. The van der Waals surface area contributed by atoms with E-state index in [1.807, 2.05) is 54.1 Å². The maximum Gasteiger partial charge on any atom is 0.265 e. The highest BCUT2D eigenvalue weighted by atomic mass is 16.5. The highest BCUT2D eigenvalue weighted by molar-refractivity contribution is 6.04. The van der Waals surface area contributed by atoms with E-state index in [9.17, 15) is 0 Å². The first-order valence-corrected chi connectivity index (χ1v) is 8.30. The maximum atomic E-state index is 5.33. The van der Waals surface area contributed by atoms with Crippen LogP contribution in [0.25, 0.3) is 22.1 Å². The third kappa shape index (κ3) is 3.01. The number of hydrazone groups is 1. The molecule has 0 unspecified atom stereocenters. The van der Waals surface area contributed by atoms with E-state index in [1.54, 1.807) is 20.4 Å². The van der Waals surface area contributed by atoms with E-state index < -0.39 is 0 Å². The van der Waals surface area contributed by atoms with E-state index in [4.69, 9.17) is 9.47 Å². The summed E-state index contributed by atoms with van der Waals surface area (Å²) >= 11 is 0. The average Bonchev–Trinajstić information content (AvgIpc) is 3.00. The van der Waals surface area contributed by atoms with E-state index in [0.717, 1.165) is 27.6 Å². The molecule has 2 heterocycles. The molecule has 0 aliphatic carbocycles. The van der Waals surface area contributed by atoms with Gasteiger partial charge in [0, 0.05) is 18.0 Å². The van der Waals surface area contributed by atoms with Crippen molar-refractivity contribution in [1.82, 2.24) is 19.7 Å². The number of hydrogen-bond acceptors (Lipinski definition) is 7. The van der Waals surface area contributed by atoms with Crippen molar-refractivity contribution in [2.24, 2.45) is 12.1 Å². The first kappa shape index (κ1) is 16.8. The minimum Gasteiger partial charge on any atom is -0.497 e. The Bertz CT molecular complexity index is 1150. The standard InChI is InChI=1S/C19H18N6O2/c1-25-15-7-5-4-6-14(15)17-18(25)21-19(24-22-17)23-20-11-12-10-13(26-2)8-9-16(12)27-3/h4-11H,1-3H3,(H,21,23,24)/b20-11-. The first-order valence-electron chi connectivity index (χ1n) is 8.30. The SMILES string of the molecule is COc1ccc(OC)c(/C=N\Nc2nnc3c4ccccc4n(C)c3n2)c1. The summed E-state index contributed by atoms with van der Waals surface area (Å²) in [6, 6.07) is 13.5. The van der Waals surface area contributed by atoms with Crippen molar-refractivity contribution in [3.05, 3.63) is 48.0 Å². The van der Waals surface area contributed by atoms with Crippen LogP contribution in [-0.2, 0) is 7.05 Å². The van der Waals surface area contributed by atoms with Crippen molar-refractivity contribution in [1.29, 1.82) is 0 Å². The summed E-state index contributed by atoms with van der Waals surface area (Å²) in [4.78, 5) is 4.53. The topological polar surface area (TPSA) is 86.5 Å². The van der Waals surface area contributed by atoms with Crippen LogP contribution in [-0.4, -0.2) is 40.2 Å². The molecule has 0 saturated heterocycles. The second-order valence-corrected chi connectivity index (χ2v) is 5.86. The number of fused-ring (bicyclic) bond motifs is 3. The Kier molecular flexibility index (Phi) is 4.29. The summed E-state index contributed by atoms with van der Waals surface area (Å²) in [5.41, 5.74) is 6.14. The van der Waals surface area contributed by atoms with Crippen molar-refractivity contribution >= 4 is 34.2 Å². The molecule has 0 bridgehead atoms. The third-order valence-electron chi connectivity index (χ3n) is 4.31. The summed E-state index contributed by atoms with van der Waals surface area (Å²) in [5.74, 6) is 1.71. The zero-order valence-corrected chi connectivity index (χ0v) is 15.2. The van der Waals surface area contributed by atoms with E-state index in [1.165, 1.54) is 0 Å². The van der Waals surface area contributed by atoms with Gasteiger partial charge in [0.1, 0.15) is 17.0 Å². The number of nitrogens with zero attached hydrogens (tertiary/aromatic N) is 5. The highest BCUT2D eigenvalue weighted by Gasteiger charge is 2.11. The Labute approximate surface area is 155 Å². The lowest BCUT2D eigenvalue weighted by molar-refractivity contribution is 0.402. The lowest BCUT2D eigenvalue weighted by Crippen LogP contribution is -2.01. The van der Waals surface area contributed by atoms with Crippen molar-refractivity contribution in [2.45, 2.75) is 0 Å². The van der Waals surface area contributed by atoms with Crippen molar-refractivity contribution in [3.8, 4) is 11.5 Å². The number of para-hydroxylation sites is 1. The fourth-order valence-electron chi connectivity index (χ4n) is 2.95. The van der Waals surface area contributed by atoms with Gasteiger partial charge in [-0.2, -0.15) is 10.1 Å². The van der Waals surface area contributed by atoms with Crippen LogP contribution >= 0.6 is 0 Å². The van der Waals surface area contributed by atoms with Gasteiger partial charge in [-0.3, -0.25) is 0 Å². The van der Waals surface area contributed by atoms with Crippen LogP contribution in [0.15, 0.2) is 47.6 Å². The molecule has 4 aromatic rings. The van der Waals surface area contributed by atoms with Crippen LogP contribution in [0.5, 0.6) is 11.5 Å². The lowest BCUT2D eigenvalue weighted by Gasteiger charge is -2.06. The number of methoxy groups -OCH3 is 2. The van der Waals surface area contributed by atoms with E-state index in [-0.39, 0.29) is 0 Å². The predicted molar refractivity (Wildman–Crippen MR) is 105 cm³/mol. The second-order valence-electron chi connectivity index (χ2n) is 5.86. The van der Waals surface area contributed by atoms with E-state index in [2.05, 4.69) is 25.7 Å². The molecule has 2 aromatic heterocycles. The number of ether oxygens (including phenoxy) is 2. The van der Waals surface area contributed by atoms with Gasteiger partial charge in [0.2, 0.25) is 0 Å². The number of rotatable bonds is 5. The van der Waals surface area contributed by atoms with E-state index in [0.29, 0.717) is 17.4 Å². The molecule has 27 heavy (non-hydrogen) atoms. The number of hydrogen-bond donors (Lipinski definition) is 1. The van der Waals surface area contributed by atoms with Gasteiger partial charge in [-0.25, -0.2) is 5.43 Å². The molecule has 0 fully saturated rings. The molecule has 0 aliphatic rings. The van der Waals surface area contributed by atoms with Gasteiger partial charge in [-0.15, -0.1) is 10.2 Å².